The minimum atomic E-state index is -0.616. The van der Waals surface area contributed by atoms with Gasteiger partial charge in [-0.3, -0.25) is 0 Å². The van der Waals surface area contributed by atoms with Crippen molar-refractivity contribution in [2.24, 2.45) is 5.41 Å². The van der Waals surface area contributed by atoms with Gasteiger partial charge < -0.3 is 19.7 Å². The molecule has 0 saturated carbocycles. The third-order valence-corrected chi connectivity index (χ3v) is 2.12. The minimum absolute atomic E-state index is 0.112. The molecule has 1 rings (SSSR count). The molecule has 1 saturated heterocycles. The summed E-state index contributed by atoms with van der Waals surface area (Å²) in [4.78, 5) is 0. The standard InChI is InChI=1S/C8H16O4.C3H6/c1-7(2)11-5-8(3-9,4-10)6-12-7;1-3-2/h9-10H,3-6H2,1-2H3;3H,1H2,2H3. The molecule has 4 nitrogen and oxygen atoms in total. The molecule has 15 heavy (non-hydrogen) atoms. The van der Waals surface area contributed by atoms with Gasteiger partial charge in [0.15, 0.2) is 5.79 Å². The molecule has 0 amide bonds. The smallest absolute Gasteiger partial charge is 0.162 e. The second kappa shape index (κ2) is 6.23. The molecule has 2 N–H and O–H groups in total. The topological polar surface area (TPSA) is 58.9 Å². The highest BCUT2D eigenvalue weighted by atomic mass is 16.7. The number of aliphatic hydroxyl groups is 2. The summed E-state index contributed by atoms with van der Waals surface area (Å²) in [7, 11) is 0. The van der Waals surface area contributed by atoms with Gasteiger partial charge >= 0.3 is 0 Å². The van der Waals surface area contributed by atoms with Gasteiger partial charge in [0, 0.05) is 0 Å². The molecule has 1 fully saturated rings. The van der Waals surface area contributed by atoms with Crippen molar-refractivity contribution in [3.63, 3.8) is 0 Å². The van der Waals surface area contributed by atoms with Crippen molar-refractivity contribution in [1.82, 2.24) is 0 Å². The third-order valence-electron chi connectivity index (χ3n) is 2.12. The Balaban J connectivity index is 0.000000583. The highest BCUT2D eigenvalue weighted by molar-refractivity contribution is 4.82. The number of ether oxygens (including phenoxy) is 2. The lowest BCUT2D eigenvalue weighted by atomic mass is 9.91. The SMILES string of the molecule is C=CC.CC1(C)OCC(CO)(CO)CO1. The average Bonchev–Trinajstić information content (AvgIpc) is 2.20. The van der Waals surface area contributed by atoms with Crippen LogP contribution in [0.4, 0.5) is 0 Å². The van der Waals surface area contributed by atoms with Crippen molar-refractivity contribution in [3.8, 4) is 0 Å². The Labute approximate surface area is 91.5 Å². The lowest BCUT2D eigenvalue weighted by molar-refractivity contribution is -0.294. The fraction of sp³-hybridized carbons (Fsp3) is 0.818. The lowest BCUT2D eigenvalue weighted by Gasteiger charge is -2.41. The molecule has 0 atom stereocenters. The zero-order valence-corrected chi connectivity index (χ0v) is 9.82. The van der Waals surface area contributed by atoms with Crippen molar-refractivity contribution in [2.75, 3.05) is 26.4 Å². The molecule has 0 radical (unpaired) electrons. The summed E-state index contributed by atoms with van der Waals surface area (Å²) in [5.74, 6) is -0.589. The van der Waals surface area contributed by atoms with Crippen LogP contribution in [-0.2, 0) is 9.47 Å². The third kappa shape index (κ3) is 4.75. The maximum absolute atomic E-state index is 8.99. The first-order valence-corrected chi connectivity index (χ1v) is 5.02. The van der Waals surface area contributed by atoms with Crippen LogP contribution >= 0.6 is 0 Å². The molecule has 0 spiro atoms. The van der Waals surface area contributed by atoms with Crippen molar-refractivity contribution in [1.29, 1.82) is 0 Å². The summed E-state index contributed by atoms with van der Waals surface area (Å²) in [6.45, 7) is 9.33. The van der Waals surface area contributed by atoms with E-state index >= 15 is 0 Å². The molecule has 0 bridgehead atoms. The van der Waals surface area contributed by atoms with Crippen LogP contribution in [-0.4, -0.2) is 42.4 Å². The van der Waals surface area contributed by atoms with E-state index in [4.69, 9.17) is 19.7 Å². The van der Waals surface area contributed by atoms with Crippen molar-refractivity contribution in [3.05, 3.63) is 12.7 Å². The number of aliphatic hydroxyl groups excluding tert-OH is 2. The maximum atomic E-state index is 8.99. The van der Waals surface area contributed by atoms with Gasteiger partial charge in [0.1, 0.15) is 0 Å². The molecule has 1 aliphatic heterocycles. The van der Waals surface area contributed by atoms with Crippen molar-refractivity contribution >= 4 is 0 Å². The summed E-state index contributed by atoms with van der Waals surface area (Å²) in [5.41, 5.74) is -0.616. The van der Waals surface area contributed by atoms with E-state index in [-0.39, 0.29) is 13.2 Å². The van der Waals surface area contributed by atoms with Gasteiger partial charge in [-0.25, -0.2) is 0 Å². The second-order valence-corrected chi connectivity index (χ2v) is 4.20. The van der Waals surface area contributed by atoms with E-state index in [1.807, 2.05) is 20.8 Å². The van der Waals surface area contributed by atoms with E-state index in [2.05, 4.69) is 6.58 Å². The zero-order chi connectivity index (χ0) is 11.9. The van der Waals surface area contributed by atoms with Crippen LogP contribution in [0.25, 0.3) is 0 Å². The van der Waals surface area contributed by atoms with Crippen LogP contribution in [0, 0.1) is 5.41 Å². The Kier molecular flexibility index (Phi) is 6.05. The average molecular weight is 218 g/mol. The Morgan fingerprint density at radius 1 is 1.20 bits per heavy atom. The molecule has 1 aliphatic rings. The zero-order valence-electron chi connectivity index (χ0n) is 9.82. The first-order chi connectivity index (χ1) is 6.95. The molecule has 0 aromatic heterocycles. The normalized spacial score (nSPS) is 22.5. The van der Waals surface area contributed by atoms with Gasteiger partial charge in [-0.2, -0.15) is 0 Å². The highest BCUT2D eigenvalue weighted by Gasteiger charge is 2.39. The first kappa shape index (κ1) is 14.6. The van der Waals surface area contributed by atoms with Crippen molar-refractivity contribution in [2.45, 2.75) is 26.6 Å². The van der Waals surface area contributed by atoms with Crippen LogP contribution in [0.2, 0.25) is 0 Å². The van der Waals surface area contributed by atoms with Gasteiger partial charge in [0.05, 0.1) is 31.8 Å². The Bertz CT molecular complexity index is 173. The fourth-order valence-corrected chi connectivity index (χ4v) is 0.970. The number of hydrogen-bond acceptors (Lipinski definition) is 4. The quantitative estimate of drug-likeness (QED) is 0.677. The maximum Gasteiger partial charge on any atom is 0.162 e. The Morgan fingerprint density at radius 3 is 1.80 bits per heavy atom. The molecule has 4 heteroatoms. The van der Waals surface area contributed by atoms with Crippen LogP contribution in [0.1, 0.15) is 20.8 Å². The van der Waals surface area contributed by atoms with E-state index in [1.54, 1.807) is 6.08 Å². The largest absolute Gasteiger partial charge is 0.396 e. The van der Waals surface area contributed by atoms with Crippen LogP contribution < -0.4 is 0 Å². The molecule has 1 heterocycles. The minimum Gasteiger partial charge on any atom is -0.396 e. The van der Waals surface area contributed by atoms with Gasteiger partial charge in [0.25, 0.3) is 0 Å². The predicted molar refractivity (Wildman–Crippen MR) is 58.5 cm³/mol. The summed E-state index contributed by atoms with van der Waals surface area (Å²) in [6.07, 6.45) is 1.75. The Morgan fingerprint density at radius 2 is 1.53 bits per heavy atom. The van der Waals surface area contributed by atoms with E-state index in [0.29, 0.717) is 13.2 Å². The summed E-state index contributed by atoms with van der Waals surface area (Å²) in [5, 5.41) is 18.0. The monoisotopic (exact) mass is 218 g/mol. The lowest BCUT2D eigenvalue weighted by Crippen LogP contribution is -2.50. The molecule has 0 aromatic rings. The summed E-state index contributed by atoms with van der Waals surface area (Å²) in [6, 6.07) is 0. The van der Waals surface area contributed by atoms with E-state index in [0.717, 1.165) is 0 Å². The van der Waals surface area contributed by atoms with Gasteiger partial charge in [-0.15, -0.1) is 6.58 Å². The van der Waals surface area contributed by atoms with Gasteiger partial charge in [-0.05, 0) is 20.8 Å². The summed E-state index contributed by atoms with van der Waals surface area (Å²) >= 11 is 0. The second-order valence-electron chi connectivity index (χ2n) is 4.20. The van der Waals surface area contributed by atoms with Crippen molar-refractivity contribution < 1.29 is 19.7 Å². The van der Waals surface area contributed by atoms with Gasteiger partial charge in [0.2, 0.25) is 0 Å². The molecule has 90 valence electrons. The van der Waals surface area contributed by atoms with Crippen LogP contribution in [0.15, 0.2) is 12.7 Å². The number of hydrogen-bond donors (Lipinski definition) is 2. The molecular weight excluding hydrogens is 196 g/mol. The van der Waals surface area contributed by atoms with Gasteiger partial charge in [-0.1, -0.05) is 6.08 Å². The first-order valence-electron chi connectivity index (χ1n) is 5.02. The molecule has 0 unspecified atom stereocenters. The Hall–Kier alpha value is -0.420. The molecular formula is C11H22O4. The molecule has 0 aliphatic carbocycles. The van der Waals surface area contributed by atoms with E-state index in [9.17, 15) is 0 Å². The fourth-order valence-electron chi connectivity index (χ4n) is 0.970. The van der Waals surface area contributed by atoms with E-state index in [1.165, 1.54) is 0 Å². The molecule has 0 aromatic carbocycles. The predicted octanol–water partition coefficient (Wildman–Crippen LogP) is 0.933. The van der Waals surface area contributed by atoms with Crippen LogP contribution in [0.5, 0.6) is 0 Å². The number of rotatable bonds is 2. The van der Waals surface area contributed by atoms with E-state index < -0.39 is 11.2 Å². The van der Waals surface area contributed by atoms with Crippen LogP contribution in [0.3, 0.4) is 0 Å². The number of allylic oxidation sites excluding steroid dienone is 1. The summed E-state index contributed by atoms with van der Waals surface area (Å²) < 4.78 is 10.6. The highest BCUT2D eigenvalue weighted by Crippen LogP contribution is 2.28.